The lowest BCUT2D eigenvalue weighted by Gasteiger charge is -2.06. The number of nitrogens with two attached hydrogens (primary N) is 1. The van der Waals surface area contributed by atoms with Crippen molar-refractivity contribution in [2.24, 2.45) is 0 Å². The van der Waals surface area contributed by atoms with Crippen LogP contribution in [0.15, 0.2) is 30.3 Å². The second kappa shape index (κ2) is 5.89. The van der Waals surface area contributed by atoms with Gasteiger partial charge in [0.1, 0.15) is 5.82 Å². The van der Waals surface area contributed by atoms with Crippen molar-refractivity contribution in [2.45, 2.75) is 32.7 Å². The molecule has 0 saturated carbocycles. The third-order valence-corrected chi connectivity index (χ3v) is 3.21. The third-order valence-electron chi connectivity index (χ3n) is 3.21. The second-order valence-electron chi connectivity index (χ2n) is 5.08. The Balaban J connectivity index is 2.10. The molecule has 1 heterocycles. The molecule has 4 nitrogen and oxygen atoms in total. The van der Waals surface area contributed by atoms with Gasteiger partial charge in [-0.25, -0.2) is 4.68 Å². The molecular weight excluding hydrogens is 238 g/mol. The lowest BCUT2D eigenvalue weighted by molar-refractivity contribution is 0.270. The Morgan fingerprint density at radius 3 is 2.53 bits per heavy atom. The summed E-state index contributed by atoms with van der Waals surface area (Å²) in [6.45, 7) is 4.87. The van der Waals surface area contributed by atoms with Crippen LogP contribution < -0.4 is 5.73 Å². The average molecular weight is 259 g/mol. The highest BCUT2D eigenvalue weighted by molar-refractivity contribution is 5.34. The number of rotatable bonds is 5. The standard InChI is InChI=1S/C15H21N3O/c1-11(2)13-5-3-12(4-6-13)9-14-10-15(16)18(17-14)7-8-19/h3-6,10-11,19H,7-9,16H2,1-2H3. The van der Waals surface area contributed by atoms with Gasteiger partial charge in [-0.15, -0.1) is 0 Å². The number of nitrogen functional groups attached to an aromatic ring is 1. The minimum absolute atomic E-state index is 0.0500. The molecule has 0 aliphatic rings. The molecule has 0 unspecified atom stereocenters. The van der Waals surface area contributed by atoms with Crippen molar-refractivity contribution >= 4 is 5.82 Å². The summed E-state index contributed by atoms with van der Waals surface area (Å²) < 4.78 is 1.64. The van der Waals surface area contributed by atoms with Crippen LogP contribution in [-0.4, -0.2) is 21.5 Å². The summed E-state index contributed by atoms with van der Waals surface area (Å²) in [4.78, 5) is 0. The van der Waals surface area contributed by atoms with Gasteiger partial charge in [0, 0.05) is 12.5 Å². The van der Waals surface area contributed by atoms with Crippen LogP contribution >= 0.6 is 0 Å². The number of nitrogens with zero attached hydrogens (tertiary/aromatic N) is 2. The maximum atomic E-state index is 8.91. The van der Waals surface area contributed by atoms with Gasteiger partial charge >= 0.3 is 0 Å². The molecule has 0 atom stereocenters. The van der Waals surface area contributed by atoms with E-state index in [1.54, 1.807) is 4.68 Å². The molecular formula is C15H21N3O. The first kappa shape index (κ1) is 13.6. The van der Waals surface area contributed by atoms with Crippen LogP contribution in [0.5, 0.6) is 0 Å². The van der Waals surface area contributed by atoms with E-state index < -0.39 is 0 Å². The highest BCUT2D eigenvalue weighted by Crippen LogP contribution is 2.17. The summed E-state index contributed by atoms with van der Waals surface area (Å²) in [6.07, 6.45) is 0.765. The minimum Gasteiger partial charge on any atom is -0.394 e. The fourth-order valence-electron chi connectivity index (χ4n) is 2.08. The van der Waals surface area contributed by atoms with E-state index in [9.17, 15) is 0 Å². The quantitative estimate of drug-likeness (QED) is 0.865. The van der Waals surface area contributed by atoms with E-state index in [1.165, 1.54) is 11.1 Å². The lowest BCUT2D eigenvalue weighted by atomic mass is 10.0. The van der Waals surface area contributed by atoms with Crippen molar-refractivity contribution in [1.29, 1.82) is 0 Å². The average Bonchev–Trinajstić information content (AvgIpc) is 2.71. The maximum Gasteiger partial charge on any atom is 0.122 e. The highest BCUT2D eigenvalue weighted by atomic mass is 16.3. The Kier molecular flexibility index (Phi) is 4.22. The fraction of sp³-hybridized carbons (Fsp3) is 0.400. The van der Waals surface area contributed by atoms with Gasteiger partial charge in [0.25, 0.3) is 0 Å². The van der Waals surface area contributed by atoms with E-state index in [4.69, 9.17) is 10.8 Å². The van der Waals surface area contributed by atoms with Gasteiger partial charge in [-0.1, -0.05) is 38.1 Å². The molecule has 3 N–H and O–H groups in total. The van der Waals surface area contributed by atoms with Crippen LogP contribution in [-0.2, 0) is 13.0 Å². The molecule has 2 aromatic rings. The number of aliphatic hydroxyl groups is 1. The molecule has 19 heavy (non-hydrogen) atoms. The van der Waals surface area contributed by atoms with Gasteiger partial charge < -0.3 is 10.8 Å². The topological polar surface area (TPSA) is 64.1 Å². The van der Waals surface area contributed by atoms with E-state index in [-0.39, 0.29) is 6.61 Å². The van der Waals surface area contributed by atoms with Crippen LogP contribution in [0, 0.1) is 0 Å². The summed E-state index contributed by atoms with van der Waals surface area (Å²) in [5, 5.41) is 13.3. The molecule has 102 valence electrons. The molecule has 0 aliphatic heterocycles. The van der Waals surface area contributed by atoms with Gasteiger partial charge in [0.2, 0.25) is 0 Å². The first-order chi connectivity index (χ1) is 9.10. The normalized spacial score (nSPS) is 11.2. The number of aliphatic hydroxyl groups excluding tert-OH is 1. The number of hydrogen-bond donors (Lipinski definition) is 2. The van der Waals surface area contributed by atoms with E-state index in [0.29, 0.717) is 18.3 Å². The minimum atomic E-state index is 0.0500. The van der Waals surface area contributed by atoms with Crippen molar-refractivity contribution in [2.75, 3.05) is 12.3 Å². The van der Waals surface area contributed by atoms with Crippen LogP contribution in [0.4, 0.5) is 5.82 Å². The molecule has 0 aliphatic carbocycles. The summed E-state index contributed by atoms with van der Waals surface area (Å²) in [5.41, 5.74) is 9.33. The molecule has 1 aromatic heterocycles. The van der Waals surface area contributed by atoms with Crippen LogP contribution in [0.3, 0.4) is 0 Å². The predicted octanol–water partition coefficient (Wildman–Crippen LogP) is 2.17. The summed E-state index contributed by atoms with van der Waals surface area (Å²) in [5.74, 6) is 1.15. The van der Waals surface area contributed by atoms with Crippen molar-refractivity contribution in [3.05, 3.63) is 47.2 Å². The number of aromatic nitrogens is 2. The lowest BCUT2D eigenvalue weighted by Crippen LogP contribution is -2.07. The van der Waals surface area contributed by atoms with Crippen molar-refractivity contribution in [1.82, 2.24) is 9.78 Å². The van der Waals surface area contributed by atoms with E-state index in [1.807, 2.05) is 6.07 Å². The zero-order valence-corrected chi connectivity index (χ0v) is 11.5. The van der Waals surface area contributed by atoms with Gasteiger partial charge in [-0.05, 0) is 17.0 Å². The molecule has 0 radical (unpaired) electrons. The predicted molar refractivity (Wildman–Crippen MR) is 77.1 cm³/mol. The van der Waals surface area contributed by atoms with Crippen LogP contribution in [0.25, 0.3) is 0 Å². The van der Waals surface area contributed by atoms with Crippen molar-refractivity contribution in [3.8, 4) is 0 Å². The van der Waals surface area contributed by atoms with E-state index >= 15 is 0 Å². The van der Waals surface area contributed by atoms with Crippen molar-refractivity contribution in [3.63, 3.8) is 0 Å². The smallest absolute Gasteiger partial charge is 0.122 e. The molecule has 0 amide bonds. The Labute approximate surface area is 113 Å². The second-order valence-corrected chi connectivity index (χ2v) is 5.08. The van der Waals surface area contributed by atoms with Gasteiger partial charge in [0.15, 0.2) is 0 Å². The number of hydrogen-bond acceptors (Lipinski definition) is 3. The zero-order chi connectivity index (χ0) is 13.8. The number of anilines is 1. The zero-order valence-electron chi connectivity index (χ0n) is 11.5. The molecule has 1 aromatic carbocycles. The third kappa shape index (κ3) is 3.35. The summed E-state index contributed by atoms with van der Waals surface area (Å²) in [7, 11) is 0. The van der Waals surface area contributed by atoms with Gasteiger partial charge in [0.05, 0.1) is 18.8 Å². The molecule has 0 saturated heterocycles. The van der Waals surface area contributed by atoms with Crippen LogP contribution in [0.2, 0.25) is 0 Å². The highest BCUT2D eigenvalue weighted by Gasteiger charge is 2.06. The first-order valence-electron chi connectivity index (χ1n) is 6.62. The van der Waals surface area contributed by atoms with Crippen LogP contribution in [0.1, 0.15) is 36.6 Å². The Morgan fingerprint density at radius 1 is 1.26 bits per heavy atom. The Hall–Kier alpha value is -1.81. The molecule has 4 heteroatoms. The maximum absolute atomic E-state index is 8.91. The van der Waals surface area contributed by atoms with Crippen molar-refractivity contribution < 1.29 is 5.11 Å². The molecule has 0 bridgehead atoms. The largest absolute Gasteiger partial charge is 0.394 e. The summed E-state index contributed by atoms with van der Waals surface area (Å²) >= 11 is 0. The molecule has 2 rings (SSSR count). The number of benzene rings is 1. The van der Waals surface area contributed by atoms with Gasteiger partial charge in [-0.2, -0.15) is 5.10 Å². The van der Waals surface area contributed by atoms with Gasteiger partial charge in [-0.3, -0.25) is 0 Å². The Bertz CT molecular complexity index is 529. The monoisotopic (exact) mass is 259 g/mol. The SMILES string of the molecule is CC(C)c1ccc(Cc2cc(N)n(CCO)n2)cc1. The summed E-state index contributed by atoms with van der Waals surface area (Å²) in [6, 6.07) is 10.5. The first-order valence-corrected chi connectivity index (χ1v) is 6.62. The molecule has 0 spiro atoms. The van der Waals surface area contributed by atoms with E-state index in [2.05, 4.69) is 43.2 Å². The molecule has 0 fully saturated rings. The van der Waals surface area contributed by atoms with E-state index in [0.717, 1.165) is 12.1 Å². The Morgan fingerprint density at radius 2 is 1.95 bits per heavy atom. The fourth-order valence-corrected chi connectivity index (χ4v) is 2.08.